The molecule has 0 bridgehead atoms. The standard InChI is InChI=1S/C9H16/c1-5-6-7-8-9(2,3)4/h5-8H,1-4H3/b6-5+,8-7-. The van der Waals surface area contributed by atoms with Crippen LogP contribution in [0.5, 0.6) is 0 Å². The summed E-state index contributed by atoms with van der Waals surface area (Å²) in [4.78, 5) is 0. The molecule has 0 aromatic rings. The van der Waals surface area contributed by atoms with Gasteiger partial charge in [0.1, 0.15) is 0 Å². The molecule has 0 aliphatic carbocycles. The number of allylic oxidation sites excluding steroid dienone is 4. The van der Waals surface area contributed by atoms with Crippen molar-refractivity contribution in [2.45, 2.75) is 27.7 Å². The van der Waals surface area contributed by atoms with Gasteiger partial charge in [0.05, 0.1) is 0 Å². The third-order valence-corrected chi connectivity index (χ3v) is 0.900. The van der Waals surface area contributed by atoms with Gasteiger partial charge < -0.3 is 0 Å². The largest absolute Gasteiger partial charge is 0.0877 e. The Bertz CT molecular complexity index is 110. The SMILES string of the molecule is C/C=C/C=C\C(C)(C)C. The molecular formula is C9H16. The summed E-state index contributed by atoms with van der Waals surface area (Å²) in [5.74, 6) is 0. The fraction of sp³-hybridized carbons (Fsp3) is 0.556. The zero-order chi connectivity index (χ0) is 7.33. The zero-order valence-corrected chi connectivity index (χ0v) is 6.81. The highest BCUT2D eigenvalue weighted by Crippen LogP contribution is 2.13. The highest BCUT2D eigenvalue weighted by atomic mass is 14.1. The van der Waals surface area contributed by atoms with Gasteiger partial charge in [0, 0.05) is 0 Å². The summed E-state index contributed by atoms with van der Waals surface area (Å²) < 4.78 is 0. The summed E-state index contributed by atoms with van der Waals surface area (Å²) in [7, 11) is 0. The number of rotatable bonds is 1. The summed E-state index contributed by atoms with van der Waals surface area (Å²) in [6.07, 6.45) is 8.35. The smallest absolute Gasteiger partial charge is 0.0200 e. The van der Waals surface area contributed by atoms with Crippen LogP contribution in [-0.4, -0.2) is 0 Å². The highest BCUT2D eigenvalue weighted by molar-refractivity contribution is 5.04. The van der Waals surface area contributed by atoms with Gasteiger partial charge >= 0.3 is 0 Å². The molecule has 0 spiro atoms. The Morgan fingerprint density at radius 1 is 1.00 bits per heavy atom. The Hall–Kier alpha value is -0.520. The molecule has 0 radical (unpaired) electrons. The van der Waals surface area contributed by atoms with Crippen molar-refractivity contribution in [3.8, 4) is 0 Å². The molecule has 0 saturated carbocycles. The molecule has 0 unspecified atom stereocenters. The molecule has 0 amide bonds. The molecule has 0 atom stereocenters. The lowest BCUT2D eigenvalue weighted by molar-refractivity contribution is 0.544. The lowest BCUT2D eigenvalue weighted by Gasteiger charge is -2.09. The first-order valence-corrected chi connectivity index (χ1v) is 3.37. The lowest BCUT2D eigenvalue weighted by atomic mass is 9.96. The molecule has 0 aromatic heterocycles. The second kappa shape index (κ2) is 3.49. The molecule has 0 fully saturated rings. The first-order valence-electron chi connectivity index (χ1n) is 3.37. The third kappa shape index (κ3) is 7.48. The van der Waals surface area contributed by atoms with Crippen LogP contribution in [0.4, 0.5) is 0 Å². The normalized spacial score (nSPS) is 13.8. The lowest BCUT2D eigenvalue weighted by Crippen LogP contribution is -1.97. The topological polar surface area (TPSA) is 0 Å². The minimum atomic E-state index is 0.319. The Balaban J connectivity index is 3.71. The van der Waals surface area contributed by atoms with E-state index in [1.807, 2.05) is 19.1 Å². The average molecular weight is 124 g/mol. The average Bonchev–Trinajstić information content (AvgIpc) is 1.63. The number of hydrogen-bond acceptors (Lipinski definition) is 0. The molecule has 0 rings (SSSR count). The van der Waals surface area contributed by atoms with E-state index in [9.17, 15) is 0 Å². The van der Waals surface area contributed by atoms with E-state index in [1.165, 1.54) is 0 Å². The van der Waals surface area contributed by atoms with Crippen LogP contribution in [-0.2, 0) is 0 Å². The first-order chi connectivity index (χ1) is 4.06. The fourth-order valence-electron chi connectivity index (χ4n) is 0.455. The van der Waals surface area contributed by atoms with Crippen molar-refractivity contribution in [2.24, 2.45) is 5.41 Å². The molecule has 9 heavy (non-hydrogen) atoms. The van der Waals surface area contributed by atoms with Crippen LogP contribution in [0.1, 0.15) is 27.7 Å². The minimum Gasteiger partial charge on any atom is -0.0877 e. The molecule has 0 aliphatic heterocycles. The molecule has 0 nitrogen and oxygen atoms in total. The van der Waals surface area contributed by atoms with Crippen molar-refractivity contribution in [3.63, 3.8) is 0 Å². The Morgan fingerprint density at radius 2 is 1.56 bits per heavy atom. The maximum absolute atomic E-state index is 2.19. The molecule has 0 aliphatic rings. The van der Waals surface area contributed by atoms with Crippen LogP contribution < -0.4 is 0 Å². The summed E-state index contributed by atoms with van der Waals surface area (Å²) in [6, 6.07) is 0. The van der Waals surface area contributed by atoms with Crippen LogP contribution in [0.25, 0.3) is 0 Å². The summed E-state index contributed by atoms with van der Waals surface area (Å²) in [5, 5.41) is 0. The van der Waals surface area contributed by atoms with E-state index in [0.717, 1.165) is 0 Å². The molecular weight excluding hydrogens is 108 g/mol. The van der Waals surface area contributed by atoms with Crippen molar-refractivity contribution in [1.82, 2.24) is 0 Å². The van der Waals surface area contributed by atoms with Crippen LogP contribution in [0.15, 0.2) is 24.3 Å². The van der Waals surface area contributed by atoms with Crippen LogP contribution in [0.3, 0.4) is 0 Å². The van der Waals surface area contributed by atoms with E-state index in [4.69, 9.17) is 0 Å². The van der Waals surface area contributed by atoms with Crippen molar-refractivity contribution < 1.29 is 0 Å². The van der Waals surface area contributed by atoms with Gasteiger partial charge in [-0.05, 0) is 12.3 Å². The van der Waals surface area contributed by atoms with Crippen molar-refractivity contribution in [1.29, 1.82) is 0 Å². The molecule has 0 heteroatoms. The van der Waals surface area contributed by atoms with E-state index in [0.29, 0.717) is 5.41 Å². The summed E-state index contributed by atoms with van der Waals surface area (Å²) >= 11 is 0. The second-order valence-corrected chi connectivity index (χ2v) is 3.25. The monoisotopic (exact) mass is 124 g/mol. The minimum absolute atomic E-state index is 0.319. The van der Waals surface area contributed by atoms with Gasteiger partial charge in [-0.15, -0.1) is 0 Å². The second-order valence-electron chi connectivity index (χ2n) is 3.25. The zero-order valence-electron chi connectivity index (χ0n) is 6.81. The first kappa shape index (κ1) is 8.48. The van der Waals surface area contributed by atoms with Gasteiger partial charge in [-0.1, -0.05) is 45.1 Å². The van der Waals surface area contributed by atoms with Crippen LogP contribution in [0, 0.1) is 5.41 Å². The maximum Gasteiger partial charge on any atom is -0.0200 e. The predicted molar refractivity (Wildman–Crippen MR) is 43.4 cm³/mol. The van der Waals surface area contributed by atoms with E-state index in [2.05, 4.69) is 32.9 Å². The Labute approximate surface area is 58.3 Å². The van der Waals surface area contributed by atoms with Gasteiger partial charge in [0.25, 0.3) is 0 Å². The number of hydrogen-bond donors (Lipinski definition) is 0. The van der Waals surface area contributed by atoms with Gasteiger partial charge in [-0.3, -0.25) is 0 Å². The van der Waals surface area contributed by atoms with E-state index in [1.54, 1.807) is 0 Å². The van der Waals surface area contributed by atoms with Crippen LogP contribution in [0.2, 0.25) is 0 Å². The van der Waals surface area contributed by atoms with E-state index in [-0.39, 0.29) is 0 Å². The van der Waals surface area contributed by atoms with Gasteiger partial charge in [0.15, 0.2) is 0 Å². The Kier molecular flexibility index (Phi) is 3.29. The van der Waals surface area contributed by atoms with Crippen molar-refractivity contribution in [2.75, 3.05) is 0 Å². The van der Waals surface area contributed by atoms with Gasteiger partial charge in [-0.25, -0.2) is 0 Å². The molecule has 0 saturated heterocycles. The molecule has 0 heterocycles. The Morgan fingerprint density at radius 3 is 1.89 bits per heavy atom. The van der Waals surface area contributed by atoms with Crippen LogP contribution >= 0.6 is 0 Å². The van der Waals surface area contributed by atoms with Gasteiger partial charge in [-0.2, -0.15) is 0 Å². The highest BCUT2D eigenvalue weighted by Gasteiger charge is 2.01. The maximum atomic E-state index is 2.19. The van der Waals surface area contributed by atoms with E-state index >= 15 is 0 Å². The van der Waals surface area contributed by atoms with Crippen molar-refractivity contribution >= 4 is 0 Å². The summed E-state index contributed by atoms with van der Waals surface area (Å²) in [5.41, 5.74) is 0.319. The summed E-state index contributed by atoms with van der Waals surface area (Å²) in [6.45, 7) is 8.58. The van der Waals surface area contributed by atoms with E-state index < -0.39 is 0 Å². The predicted octanol–water partition coefficient (Wildman–Crippen LogP) is 3.16. The fourth-order valence-corrected chi connectivity index (χ4v) is 0.455. The van der Waals surface area contributed by atoms with Crippen molar-refractivity contribution in [3.05, 3.63) is 24.3 Å². The molecule has 0 aromatic carbocycles. The molecule has 52 valence electrons. The molecule has 0 N–H and O–H groups in total. The third-order valence-electron chi connectivity index (χ3n) is 0.900. The van der Waals surface area contributed by atoms with Gasteiger partial charge in [0.2, 0.25) is 0 Å². The quantitative estimate of drug-likeness (QED) is 0.471.